The summed E-state index contributed by atoms with van der Waals surface area (Å²) in [6, 6.07) is 9.95. The Labute approximate surface area is 146 Å². The first-order valence-corrected chi connectivity index (χ1v) is 8.82. The maximum atomic E-state index is 12.1. The van der Waals surface area contributed by atoms with Crippen LogP contribution in [0.25, 0.3) is 11.4 Å². The molecule has 1 saturated heterocycles. The van der Waals surface area contributed by atoms with Crippen molar-refractivity contribution in [3.8, 4) is 11.4 Å². The topological polar surface area (TPSA) is 58.6 Å². The summed E-state index contributed by atoms with van der Waals surface area (Å²) < 4.78 is 9.87. The zero-order valence-electron chi connectivity index (χ0n) is 14.2. The van der Waals surface area contributed by atoms with Gasteiger partial charge in [-0.1, -0.05) is 30.3 Å². The summed E-state index contributed by atoms with van der Waals surface area (Å²) in [5, 5.41) is 0.901. The maximum absolute atomic E-state index is 12.1. The van der Waals surface area contributed by atoms with Gasteiger partial charge in [0.15, 0.2) is 5.82 Å². The predicted octanol–water partition coefficient (Wildman–Crippen LogP) is 3.26. The summed E-state index contributed by atoms with van der Waals surface area (Å²) in [6.07, 6.45) is -0.246. The first-order chi connectivity index (χ1) is 11.4. The molecule has 1 amide bonds. The second-order valence-corrected chi connectivity index (χ2v) is 7.45. The molecule has 0 saturated carbocycles. The second-order valence-electron chi connectivity index (χ2n) is 6.72. The molecule has 1 aromatic carbocycles. The van der Waals surface area contributed by atoms with Crippen LogP contribution in [0, 0.1) is 0 Å². The van der Waals surface area contributed by atoms with Crippen molar-refractivity contribution in [3.05, 3.63) is 30.3 Å². The molecule has 7 heteroatoms. The lowest BCUT2D eigenvalue weighted by Gasteiger charge is -2.35. The van der Waals surface area contributed by atoms with Crippen LogP contribution in [0.2, 0.25) is 0 Å². The van der Waals surface area contributed by atoms with E-state index >= 15 is 0 Å². The van der Waals surface area contributed by atoms with Crippen molar-refractivity contribution in [2.24, 2.45) is 0 Å². The number of hydrogen-bond donors (Lipinski definition) is 0. The molecule has 0 N–H and O–H groups in total. The Morgan fingerprint density at radius 1 is 1.12 bits per heavy atom. The fourth-order valence-corrected chi connectivity index (χ4v) is 3.19. The van der Waals surface area contributed by atoms with Gasteiger partial charge in [0, 0.05) is 43.3 Å². The van der Waals surface area contributed by atoms with Crippen LogP contribution >= 0.6 is 11.5 Å². The van der Waals surface area contributed by atoms with E-state index in [0.29, 0.717) is 13.1 Å². The molecule has 1 aliphatic heterocycles. The predicted molar refractivity (Wildman–Crippen MR) is 95.4 cm³/mol. The monoisotopic (exact) mass is 346 g/mol. The third-order valence-electron chi connectivity index (χ3n) is 3.65. The van der Waals surface area contributed by atoms with Crippen molar-refractivity contribution in [1.29, 1.82) is 0 Å². The highest BCUT2D eigenvalue weighted by molar-refractivity contribution is 7.09. The van der Waals surface area contributed by atoms with Crippen molar-refractivity contribution in [2.75, 3.05) is 31.1 Å². The molecule has 0 radical (unpaired) electrons. The summed E-state index contributed by atoms with van der Waals surface area (Å²) in [7, 11) is 0. The van der Waals surface area contributed by atoms with E-state index in [1.165, 1.54) is 11.5 Å². The molecule has 0 bridgehead atoms. The smallest absolute Gasteiger partial charge is 0.410 e. The van der Waals surface area contributed by atoms with Crippen molar-refractivity contribution in [3.63, 3.8) is 0 Å². The van der Waals surface area contributed by atoms with E-state index in [-0.39, 0.29) is 6.09 Å². The number of hydrogen-bond acceptors (Lipinski definition) is 6. The first kappa shape index (κ1) is 16.7. The molecular formula is C17H22N4O2S. The molecule has 3 rings (SSSR count). The Morgan fingerprint density at radius 3 is 2.42 bits per heavy atom. The van der Waals surface area contributed by atoms with Crippen molar-refractivity contribution in [1.82, 2.24) is 14.3 Å². The van der Waals surface area contributed by atoms with Gasteiger partial charge in [0.2, 0.25) is 5.13 Å². The normalized spacial score (nSPS) is 15.5. The Morgan fingerprint density at radius 2 is 1.79 bits per heavy atom. The van der Waals surface area contributed by atoms with Gasteiger partial charge in [-0.2, -0.15) is 9.36 Å². The standard InChI is InChI=1S/C17H22N4O2S/c1-17(2,3)23-16(22)21-11-9-20(10-12-21)15-18-14(19-24-15)13-7-5-4-6-8-13/h4-8H,9-12H2,1-3H3. The molecule has 2 heterocycles. The Bertz CT molecular complexity index is 688. The molecule has 1 aromatic heterocycles. The Hall–Kier alpha value is -2.15. The van der Waals surface area contributed by atoms with Crippen LogP contribution in [0.4, 0.5) is 9.93 Å². The molecule has 1 fully saturated rings. The van der Waals surface area contributed by atoms with Gasteiger partial charge in [0.05, 0.1) is 0 Å². The number of amides is 1. The van der Waals surface area contributed by atoms with Crippen LogP contribution in [-0.4, -0.2) is 52.1 Å². The fraction of sp³-hybridized carbons (Fsp3) is 0.471. The number of nitrogens with zero attached hydrogens (tertiary/aromatic N) is 4. The van der Waals surface area contributed by atoms with Crippen LogP contribution in [0.1, 0.15) is 20.8 Å². The quantitative estimate of drug-likeness (QED) is 0.835. The number of piperazine rings is 1. The van der Waals surface area contributed by atoms with Crippen molar-refractivity contribution < 1.29 is 9.53 Å². The summed E-state index contributed by atoms with van der Waals surface area (Å²) >= 11 is 1.40. The third-order valence-corrected chi connectivity index (χ3v) is 4.43. The Kier molecular flexibility index (Phi) is 4.71. The van der Waals surface area contributed by atoms with Crippen molar-refractivity contribution >= 4 is 22.8 Å². The average molecular weight is 346 g/mol. The lowest BCUT2D eigenvalue weighted by Crippen LogP contribution is -2.50. The minimum Gasteiger partial charge on any atom is -0.444 e. The van der Waals surface area contributed by atoms with Gasteiger partial charge in [0.1, 0.15) is 5.60 Å². The fourth-order valence-electron chi connectivity index (χ4n) is 2.46. The van der Waals surface area contributed by atoms with E-state index in [4.69, 9.17) is 4.74 Å². The van der Waals surface area contributed by atoms with Gasteiger partial charge in [-0.05, 0) is 20.8 Å². The van der Waals surface area contributed by atoms with Gasteiger partial charge >= 0.3 is 6.09 Å². The van der Waals surface area contributed by atoms with Crippen LogP contribution in [0.5, 0.6) is 0 Å². The van der Waals surface area contributed by atoms with E-state index < -0.39 is 5.60 Å². The van der Waals surface area contributed by atoms with E-state index in [2.05, 4.69) is 14.3 Å². The van der Waals surface area contributed by atoms with E-state index in [1.54, 1.807) is 4.90 Å². The number of aromatic nitrogens is 2. The minimum atomic E-state index is -0.460. The highest BCUT2D eigenvalue weighted by Gasteiger charge is 2.27. The lowest BCUT2D eigenvalue weighted by molar-refractivity contribution is 0.0240. The summed E-state index contributed by atoms with van der Waals surface area (Å²) in [5.74, 6) is 0.755. The number of rotatable bonds is 2. The Balaban J connectivity index is 1.59. The van der Waals surface area contributed by atoms with Gasteiger partial charge in [-0.15, -0.1) is 0 Å². The molecule has 0 spiro atoms. The number of anilines is 1. The van der Waals surface area contributed by atoms with Crippen molar-refractivity contribution in [2.45, 2.75) is 26.4 Å². The van der Waals surface area contributed by atoms with E-state index in [0.717, 1.165) is 29.6 Å². The molecule has 2 aromatic rings. The molecule has 128 valence electrons. The largest absolute Gasteiger partial charge is 0.444 e. The zero-order chi connectivity index (χ0) is 17.2. The van der Waals surface area contributed by atoms with Crippen LogP contribution in [0.3, 0.4) is 0 Å². The highest BCUT2D eigenvalue weighted by Crippen LogP contribution is 2.25. The van der Waals surface area contributed by atoms with Gasteiger partial charge in [0.25, 0.3) is 0 Å². The van der Waals surface area contributed by atoms with Gasteiger partial charge in [-0.3, -0.25) is 0 Å². The maximum Gasteiger partial charge on any atom is 0.410 e. The van der Waals surface area contributed by atoms with Crippen LogP contribution < -0.4 is 4.90 Å². The molecule has 1 aliphatic rings. The zero-order valence-corrected chi connectivity index (χ0v) is 15.0. The third kappa shape index (κ3) is 4.03. The molecule has 0 atom stereocenters. The molecule has 6 nitrogen and oxygen atoms in total. The number of carbonyl (C=O) groups excluding carboxylic acids is 1. The number of ether oxygens (including phenoxy) is 1. The van der Waals surface area contributed by atoms with E-state index in [9.17, 15) is 4.79 Å². The van der Waals surface area contributed by atoms with Gasteiger partial charge < -0.3 is 14.5 Å². The summed E-state index contributed by atoms with van der Waals surface area (Å²) in [5.41, 5.74) is 0.560. The summed E-state index contributed by atoms with van der Waals surface area (Å²) in [4.78, 5) is 20.7. The lowest BCUT2D eigenvalue weighted by atomic mass is 10.2. The molecule has 24 heavy (non-hydrogen) atoms. The molecule has 0 unspecified atom stereocenters. The highest BCUT2D eigenvalue weighted by atomic mass is 32.1. The SMILES string of the molecule is CC(C)(C)OC(=O)N1CCN(c2nc(-c3ccccc3)ns2)CC1. The van der Waals surface area contributed by atoms with Crippen LogP contribution in [-0.2, 0) is 4.74 Å². The number of carbonyl (C=O) groups is 1. The van der Waals surface area contributed by atoms with E-state index in [1.807, 2.05) is 51.1 Å². The average Bonchev–Trinajstić information content (AvgIpc) is 3.04. The van der Waals surface area contributed by atoms with Gasteiger partial charge in [-0.25, -0.2) is 4.79 Å². The minimum absolute atomic E-state index is 0.246. The second kappa shape index (κ2) is 6.76. The molecular weight excluding hydrogens is 324 g/mol. The molecule has 0 aliphatic carbocycles. The van der Waals surface area contributed by atoms with Crippen LogP contribution in [0.15, 0.2) is 30.3 Å². The first-order valence-electron chi connectivity index (χ1n) is 8.04. The number of benzene rings is 1. The summed E-state index contributed by atoms with van der Waals surface area (Å²) in [6.45, 7) is 8.39.